The Kier molecular flexibility index (Phi) is 4.60. The van der Waals surface area contributed by atoms with E-state index in [0.717, 1.165) is 27.7 Å². The van der Waals surface area contributed by atoms with Gasteiger partial charge in [0.05, 0.1) is 17.1 Å². The molecule has 0 aliphatic carbocycles. The fraction of sp³-hybridized carbons (Fsp3) is 0.286. The minimum Gasteiger partial charge on any atom is -0.462 e. The summed E-state index contributed by atoms with van der Waals surface area (Å²) in [6.45, 7) is 3.63. The van der Waals surface area contributed by atoms with Crippen molar-refractivity contribution in [1.82, 2.24) is 10.3 Å². The molecule has 144 valence electrons. The summed E-state index contributed by atoms with van der Waals surface area (Å²) in [5.41, 5.74) is 3.68. The second kappa shape index (κ2) is 7.09. The molecule has 2 heterocycles. The van der Waals surface area contributed by atoms with Gasteiger partial charge in [0, 0.05) is 35.2 Å². The smallest absolute Gasteiger partial charge is 0.323 e. The molecule has 0 fully saturated rings. The van der Waals surface area contributed by atoms with E-state index in [2.05, 4.69) is 10.3 Å². The third kappa shape index (κ3) is 3.25. The van der Waals surface area contributed by atoms with Crippen molar-refractivity contribution < 1.29 is 14.5 Å². The van der Waals surface area contributed by atoms with Crippen molar-refractivity contribution in [2.45, 2.75) is 38.5 Å². The number of rotatable bonds is 4. The van der Waals surface area contributed by atoms with Gasteiger partial charge in [0.15, 0.2) is 0 Å². The standard InChI is InChI=1S/C21H21N3O4/c1-12(2)28-21(25)18-11-16-15-8-3-4-9-17(15)22-20(16)19(23-18)13-6-5-7-14(10-13)24(26)27/h3-10,12,18-19,22-23H,11H2,1-2H3/t18-,19+/m0/s1. The van der Waals surface area contributed by atoms with Gasteiger partial charge >= 0.3 is 5.97 Å². The highest BCUT2D eigenvalue weighted by Gasteiger charge is 2.35. The maximum Gasteiger partial charge on any atom is 0.323 e. The molecular weight excluding hydrogens is 358 g/mol. The number of nitro groups is 1. The van der Waals surface area contributed by atoms with Crippen molar-refractivity contribution in [2.75, 3.05) is 0 Å². The lowest BCUT2D eigenvalue weighted by molar-refractivity contribution is -0.384. The third-order valence-corrected chi connectivity index (χ3v) is 4.96. The van der Waals surface area contributed by atoms with Gasteiger partial charge in [-0.05, 0) is 31.0 Å². The van der Waals surface area contributed by atoms with Crippen LogP contribution in [-0.4, -0.2) is 28.0 Å². The maximum atomic E-state index is 12.6. The van der Waals surface area contributed by atoms with E-state index in [9.17, 15) is 14.9 Å². The number of non-ortho nitro benzene ring substituents is 1. The molecule has 3 aromatic rings. The number of nitrogens with one attached hydrogen (secondary N) is 2. The zero-order valence-electron chi connectivity index (χ0n) is 15.6. The Morgan fingerprint density at radius 1 is 1.21 bits per heavy atom. The number of nitrogens with zero attached hydrogens (tertiary/aromatic N) is 1. The zero-order valence-corrected chi connectivity index (χ0v) is 15.6. The molecule has 2 N–H and O–H groups in total. The van der Waals surface area contributed by atoms with E-state index in [4.69, 9.17) is 4.74 Å². The Balaban J connectivity index is 1.82. The van der Waals surface area contributed by atoms with Crippen LogP contribution in [0.2, 0.25) is 0 Å². The molecule has 1 aliphatic heterocycles. The molecule has 7 nitrogen and oxygen atoms in total. The lowest BCUT2D eigenvalue weighted by atomic mass is 9.90. The molecule has 1 aliphatic rings. The van der Waals surface area contributed by atoms with Crippen molar-refractivity contribution in [3.8, 4) is 0 Å². The summed E-state index contributed by atoms with van der Waals surface area (Å²) in [5, 5.41) is 15.6. The van der Waals surface area contributed by atoms with Crippen LogP contribution in [0.3, 0.4) is 0 Å². The topological polar surface area (TPSA) is 97.3 Å². The van der Waals surface area contributed by atoms with Crippen LogP contribution in [0.25, 0.3) is 10.9 Å². The van der Waals surface area contributed by atoms with Crippen molar-refractivity contribution >= 4 is 22.6 Å². The van der Waals surface area contributed by atoms with Gasteiger partial charge in [-0.1, -0.05) is 30.3 Å². The number of esters is 1. The minimum atomic E-state index is -0.529. The monoisotopic (exact) mass is 379 g/mol. The van der Waals surface area contributed by atoms with Gasteiger partial charge in [-0.25, -0.2) is 0 Å². The highest BCUT2D eigenvalue weighted by molar-refractivity contribution is 5.87. The number of H-pyrrole nitrogens is 1. The largest absolute Gasteiger partial charge is 0.462 e. The molecule has 2 atom stereocenters. The van der Waals surface area contributed by atoms with E-state index in [-0.39, 0.29) is 23.8 Å². The Morgan fingerprint density at radius 2 is 2.00 bits per heavy atom. The number of fused-ring (bicyclic) bond motifs is 3. The van der Waals surface area contributed by atoms with Crippen molar-refractivity contribution in [3.63, 3.8) is 0 Å². The Hall–Kier alpha value is -3.19. The second-order valence-corrected chi connectivity index (χ2v) is 7.26. The van der Waals surface area contributed by atoms with Gasteiger partial charge < -0.3 is 9.72 Å². The van der Waals surface area contributed by atoms with Crippen LogP contribution in [-0.2, 0) is 16.0 Å². The van der Waals surface area contributed by atoms with Crippen LogP contribution in [0.1, 0.15) is 36.7 Å². The van der Waals surface area contributed by atoms with E-state index >= 15 is 0 Å². The Bertz CT molecular complexity index is 1060. The van der Waals surface area contributed by atoms with Crippen LogP contribution in [0.15, 0.2) is 48.5 Å². The summed E-state index contributed by atoms with van der Waals surface area (Å²) in [5.74, 6) is -0.318. The summed E-state index contributed by atoms with van der Waals surface area (Å²) in [4.78, 5) is 26.9. The first-order chi connectivity index (χ1) is 13.4. The quantitative estimate of drug-likeness (QED) is 0.410. The molecule has 28 heavy (non-hydrogen) atoms. The second-order valence-electron chi connectivity index (χ2n) is 7.26. The molecule has 0 saturated heterocycles. The summed E-state index contributed by atoms with van der Waals surface area (Å²) < 4.78 is 5.42. The number of carbonyl (C=O) groups excluding carboxylic acids is 1. The number of hydrogen-bond donors (Lipinski definition) is 2. The average Bonchev–Trinajstić information content (AvgIpc) is 3.05. The van der Waals surface area contributed by atoms with Gasteiger partial charge in [0.2, 0.25) is 0 Å². The fourth-order valence-corrected chi connectivity index (χ4v) is 3.78. The first-order valence-electron chi connectivity index (χ1n) is 9.24. The summed E-state index contributed by atoms with van der Waals surface area (Å²) >= 11 is 0. The highest BCUT2D eigenvalue weighted by atomic mass is 16.6. The molecule has 0 spiro atoms. The number of benzene rings is 2. The van der Waals surface area contributed by atoms with Crippen molar-refractivity contribution in [1.29, 1.82) is 0 Å². The predicted molar refractivity (Wildman–Crippen MR) is 105 cm³/mol. The molecule has 0 radical (unpaired) electrons. The van der Waals surface area contributed by atoms with Crippen LogP contribution in [0.4, 0.5) is 5.69 Å². The van der Waals surface area contributed by atoms with E-state index in [0.29, 0.717) is 6.42 Å². The summed E-state index contributed by atoms with van der Waals surface area (Å²) in [6.07, 6.45) is 0.283. The molecule has 0 amide bonds. The molecule has 2 aromatic carbocycles. The van der Waals surface area contributed by atoms with Crippen LogP contribution in [0, 0.1) is 10.1 Å². The molecule has 0 bridgehead atoms. The predicted octanol–water partition coefficient (Wildman–Crippen LogP) is 3.63. The SMILES string of the molecule is CC(C)OC(=O)[C@@H]1Cc2c([nH]c3ccccc23)[C@@H](c2cccc([N+](=O)[O-])c2)N1. The lowest BCUT2D eigenvalue weighted by Gasteiger charge is -2.31. The molecule has 1 aromatic heterocycles. The highest BCUT2D eigenvalue weighted by Crippen LogP contribution is 2.36. The zero-order chi connectivity index (χ0) is 19.8. The first kappa shape index (κ1) is 18.2. The van der Waals surface area contributed by atoms with E-state index < -0.39 is 11.0 Å². The van der Waals surface area contributed by atoms with E-state index in [1.165, 1.54) is 6.07 Å². The maximum absolute atomic E-state index is 12.6. The molecule has 0 unspecified atom stereocenters. The first-order valence-corrected chi connectivity index (χ1v) is 9.24. The Morgan fingerprint density at radius 3 is 2.75 bits per heavy atom. The van der Waals surface area contributed by atoms with Gasteiger partial charge in [-0.15, -0.1) is 0 Å². The Labute approximate surface area is 161 Å². The number of hydrogen-bond acceptors (Lipinski definition) is 5. The molecule has 0 saturated carbocycles. The number of carbonyl (C=O) groups is 1. The average molecular weight is 379 g/mol. The van der Waals surface area contributed by atoms with E-state index in [1.54, 1.807) is 12.1 Å². The number of para-hydroxylation sites is 1. The lowest BCUT2D eigenvalue weighted by Crippen LogP contribution is -2.46. The number of aromatic amines is 1. The summed E-state index contributed by atoms with van der Waals surface area (Å²) in [7, 11) is 0. The summed E-state index contributed by atoms with van der Waals surface area (Å²) in [6, 6.07) is 13.5. The fourth-order valence-electron chi connectivity index (χ4n) is 3.78. The van der Waals surface area contributed by atoms with Gasteiger partial charge in [0.1, 0.15) is 6.04 Å². The molecular formula is C21H21N3O4. The van der Waals surface area contributed by atoms with Gasteiger partial charge in [-0.2, -0.15) is 0 Å². The van der Waals surface area contributed by atoms with Crippen molar-refractivity contribution in [2.24, 2.45) is 0 Å². The van der Waals surface area contributed by atoms with Crippen LogP contribution in [0.5, 0.6) is 0 Å². The van der Waals surface area contributed by atoms with E-state index in [1.807, 2.05) is 44.2 Å². The third-order valence-electron chi connectivity index (χ3n) is 4.96. The van der Waals surface area contributed by atoms with Gasteiger partial charge in [0.25, 0.3) is 5.69 Å². The minimum absolute atomic E-state index is 0.0174. The molecule has 4 rings (SSSR count). The number of aromatic nitrogens is 1. The number of nitro benzene ring substituents is 1. The van der Waals surface area contributed by atoms with Gasteiger partial charge in [-0.3, -0.25) is 20.2 Å². The number of ether oxygens (including phenoxy) is 1. The van der Waals surface area contributed by atoms with Crippen LogP contribution >= 0.6 is 0 Å². The van der Waals surface area contributed by atoms with Crippen LogP contribution < -0.4 is 5.32 Å². The molecule has 7 heteroatoms. The van der Waals surface area contributed by atoms with Crippen molar-refractivity contribution in [3.05, 3.63) is 75.5 Å². The normalized spacial score (nSPS) is 18.8.